The normalized spacial score (nSPS) is 20.8. The van der Waals surface area contributed by atoms with Crippen molar-refractivity contribution in [2.45, 2.75) is 6.42 Å². The van der Waals surface area contributed by atoms with Crippen molar-refractivity contribution in [1.82, 2.24) is 0 Å². The molecule has 1 rings (SSSR count). The summed E-state index contributed by atoms with van der Waals surface area (Å²) in [5.41, 5.74) is 0. The predicted molar refractivity (Wildman–Crippen MR) is 28.2 cm³/mol. The summed E-state index contributed by atoms with van der Waals surface area (Å²) in [7, 11) is 0. The van der Waals surface area contributed by atoms with Gasteiger partial charge in [0.25, 0.3) is 0 Å². The third-order valence-corrected chi connectivity index (χ3v) is 0.586. The molecule has 0 N–H and O–H groups in total. The molecule has 0 atom stereocenters. The van der Waals surface area contributed by atoms with Crippen molar-refractivity contribution < 1.29 is 34.8 Å². The van der Waals surface area contributed by atoms with E-state index in [0.717, 1.165) is 6.42 Å². The van der Waals surface area contributed by atoms with Crippen LogP contribution < -0.4 is 0 Å². The first-order valence-electron chi connectivity index (χ1n) is 2.52. The predicted octanol–water partition coefficient (Wildman–Crippen LogP) is 3.82. The fraction of sp³-hybridized carbons (Fsp3) is 0.200. The standard InChI is InChI=1S/C5H5.6FH.Fe/c1-2-4-5-3-1;;;;;;;/h1-3H,4H2;6*1H;/q-1;;;;;;;+6/p-6. The van der Waals surface area contributed by atoms with Gasteiger partial charge in [0, 0.05) is 0 Å². The summed E-state index contributed by atoms with van der Waals surface area (Å²) in [5.74, 6) is 0. The Morgan fingerprint density at radius 1 is 1.00 bits per heavy atom. The first-order chi connectivity index (χ1) is 4.95. The topological polar surface area (TPSA) is 0 Å². The monoisotopic (exact) mass is 235 g/mol. The maximum absolute atomic E-state index is 10.8. The molecule has 76 valence electrons. The van der Waals surface area contributed by atoms with E-state index in [2.05, 4.69) is 12.2 Å². The summed E-state index contributed by atoms with van der Waals surface area (Å²) in [4.78, 5) is 0. The van der Waals surface area contributed by atoms with Crippen LogP contribution in [0.25, 0.3) is 0 Å². The maximum atomic E-state index is 9.88. The van der Waals surface area contributed by atoms with E-state index in [-0.39, 0.29) is 0 Å². The Kier molecular flexibility index (Phi) is 2.44. The number of hydrogen-bond donors (Lipinski definition) is 0. The van der Waals surface area contributed by atoms with Gasteiger partial charge in [0.15, 0.2) is 0 Å². The second-order valence-electron chi connectivity index (χ2n) is 1.76. The Morgan fingerprint density at radius 2 is 1.42 bits per heavy atom. The molecule has 0 nitrogen and oxygen atoms in total. The first kappa shape index (κ1) is 11.6. The second-order valence-corrected chi connectivity index (χ2v) is 4.13. The Bertz CT molecular complexity index is 184. The molecule has 0 aromatic carbocycles. The first-order valence-corrected chi connectivity index (χ1v) is 5.02. The van der Waals surface area contributed by atoms with Gasteiger partial charge in [0.2, 0.25) is 0 Å². The number of hydrogen-bond acceptors (Lipinski definition) is 0. The van der Waals surface area contributed by atoms with Crippen LogP contribution in [-0.4, -0.2) is 0 Å². The summed E-state index contributed by atoms with van der Waals surface area (Å²) in [6, 6.07) is 0. The molecule has 0 amide bonds. The molecular weight excluding hydrogens is 230 g/mol. The Balaban J connectivity index is 0.000000211. The molecule has 0 aromatic rings. The van der Waals surface area contributed by atoms with Crippen LogP contribution in [0.4, 0.5) is 21.3 Å². The molecule has 1 aliphatic carbocycles. The molecule has 0 fully saturated rings. The molecule has 0 saturated heterocycles. The van der Waals surface area contributed by atoms with E-state index in [1.807, 2.05) is 12.2 Å². The van der Waals surface area contributed by atoms with Crippen LogP contribution in [0.3, 0.4) is 0 Å². The van der Waals surface area contributed by atoms with Gasteiger partial charge in [-0.3, -0.25) is 6.08 Å². The van der Waals surface area contributed by atoms with Crippen LogP contribution in [0.2, 0.25) is 0 Å². The van der Waals surface area contributed by atoms with Gasteiger partial charge in [-0.15, -0.1) is 6.42 Å². The Labute approximate surface area is 66.3 Å². The van der Waals surface area contributed by atoms with E-state index in [9.17, 15) is 21.3 Å². The van der Waals surface area contributed by atoms with Gasteiger partial charge >= 0.3 is 34.8 Å². The van der Waals surface area contributed by atoms with Crippen LogP contribution in [0.15, 0.2) is 18.2 Å². The zero-order valence-corrected chi connectivity index (χ0v) is 6.66. The van der Waals surface area contributed by atoms with Crippen molar-refractivity contribution in [3.05, 3.63) is 24.3 Å². The van der Waals surface area contributed by atoms with E-state index in [0.29, 0.717) is 0 Å². The average molecular weight is 235 g/mol. The van der Waals surface area contributed by atoms with Gasteiger partial charge in [0.05, 0.1) is 0 Å². The van der Waals surface area contributed by atoms with Gasteiger partial charge < -0.3 is 0 Å². The summed E-state index contributed by atoms with van der Waals surface area (Å²) in [6.07, 6.45) is 10.0. The Hall–Kier alpha value is -0.421. The van der Waals surface area contributed by atoms with Crippen molar-refractivity contribution in [2.75, 3.05) is 0 Å². The van der Waals surface area contributed by atoms with E-state index in [1.165, 1.54) is 0 Å². The average Bonchev–Trinajstić information content (AvgIpc) is 2.00. The van der Waals surface area contributed by atoms with Crippen molar-refractivity contribution in [1.29, 1.82) is 0 Å². The van der Waals surface area contributed by atoms with Crippen LogP contribution in [0.1, 0.15) is 6.42 Å². The zero-order chi connectivity index (χ0) is 9.94. The van der Waals surface area contributed by atoms with Gasteiger partial charge in [-0.1, -0.05) is 0 Å². The molecule has 0 aromatic heterocycles. The third-order valence-electron chi connectivity index (χ3n) is 0.586. The molecule has 0 heterocycles. The van der Waals surface area contributed by atoms with Crippen molar-refractivity contribution >= 4 is 0 Å². The molecule has 0 aliphatic heterocycles. The molecule has 0 spiro atoms. The van der Waals surface area contributed by atoms with Gasteiger partial charge in [0.1, 0.15) is 0 Å². The molecular formula is C5H5F6Fe-. The Morgan fingerprint density at radius 3 is 1.50 bits per heavy atom. The van der Waals surface area contributed by atoms with Crippen molar-refractivity contribution in [3.8, 4) is 0 Å². The summed E-state index contributed by atoms with van der Waals surface area (Å²) >= 11 is -10.8. The number of allylic oxidation sites excluding steroid dienone is 4. The molecule has 0 unspecified atom stereocenters. The van der Waals surface area contributed by atoms with Crippen molar-refractivity contribution in [2.24, 2.45) is 0 Å². The van der Waals surface area contributed by atoms with Crippen LogP contribution in [0, 0.1) is 6.08 Å². The number of halogens is 6. The molecule has 1 aliphatic rings. The fourth-order valence-electron chi connectivity index (χ4n) is 0.340. The van der Waals surface area contributed by atoms with Crippen LogP contribution in [0.5, 0.6) is 0 Å². The van der Waals surface area contributed by atoms with Crippen molar-refractivity contribution in [3.63, 3.8) is 0 Å². The molecule has 12 heavy (non-hydrogen) atoms. The zero-order valence-electron chi connectivity index (χ0n) is 5.56. The SMILES string of the molecule is [C-]1=CC=CC1.[F][Fe]([F])([F])([F])([F])[F]. The van der Waals surface area contributed by atoms with E-state index >= 15 is 0 Å². The minimum absolute atomic E-state index is 1.01. The second kappa shape index (κ2) is 2.53. The molecule has 7 heteroatoms. The van der Waals surface area contributed by atoms with E-state index in [1.54, 1.807) is 0 Å². The summed E-state index contributed by atoms with van der Waals surface area (Å²) in [6.45, 7) is 0. The minimum atomic E-state index is -10.8. The summed E-state index contributed by atoms with van der Waals surface area (Å²) in [5, 5.41) is 0. The van der Waals surface area contributed by atoms with E-state index < -0.39 is 13.5 Å². The van der Waals surface area contributed by atoms with Gasteiger partial charge in [-0.05, 0) is 0 Å². The molecule has 0 bridgehead atoms. The third kappa shape index (κ3) is 33.6. The van der Waals surface area contributed by atoms with E-state index in [4.69, 9.17) is 0 Å². The molecule has 0 radical (unpaired) electrons. The van der Waals surface area contributed by atoms with Crippen LogP contribution >= 0.6 is 0 Å². The quantitative estimate of drug-likeness (QED) is 0.340. The van der Waals surface area contributed by atoms with Gasteiger partial charge in [-0.25, -0.2) is 12.2 Å². The van der Waals surface area contributed by atoms with Gasteiger partial charge in [-0.2, -0.15) is 6.08 Å². The molecule has 0 saturated carbocycles. The fourth-order valence-corrected chi connectivity index (χ4v) is 0.340. The van der Waals surface area contributed by atoms with Crippen LogP contribution in [-0.2, 0) is 13.5 Å². The number of rotatable bonds is 0. The summed E-state index contributed by atoms with van der Waals surface area (Å²) < 4.78 is 59.2.